The van der Waals surface area contributed by atoms with Gasteiger partial charge >= 0.3 is 0 Å². The van der Waals surface area contributed by atoms with Gasteiger partial charge in [-0.3, -0.25) is 9.59 Å². The Morgan fingerprint density at radius 2 is 1.88 bits per heavy atom. The van der Waals surface area contributed by atoms with Crippen molar-refractivity contribution >= 4 is 23.2 Å². The normalized spacial score (nSPS) is 20.5. The lowest BCUT2D eigenvalue weighted by Gasteiger charge is -2.41. The molecule has 1 aromatic heterocycles. The molecule has 0 atom stereocenters. The van der Waals surface area contributed by atoms with Crippen molar-refractivity contribution in [2.75, 3.05) is 39.9 Å². The Morgan fingerprint density at radius 1 is 1.19 bits per heavy atom. The Hall–Kier alpha value is -1.47. The van der Waals surface area contributed by atoms with Crippen molar-refractivity contribution in [2.24, 2.45) is 5.41 Å². The maximum Gasteiger partial charge on any atom is 0.265 e. The van der Waals surface area contributed by atoms with Gasteiger partial charge in [-0.2, -0.15) is 0 Å². The second-order valence-electron chi connectivity index (χ2n) is 7.56. The van der Waals surface area contributed by atoms with Crippen LogP contribution >= 0.6 is 11.3 Å². The molecule has 0 aromatic carbocycles. The number of aryl methyl sites for hydroxylation is 2. The van der Waals surface area contributed by atoms with Gasteiger partial charge in [0.25, 0.3) is 5.91 Å². The molecule has 2 saturated heterocycles. The molecule has 0 N–H and O–H groups in total. The average Bonchev–Trinajstić information content (AvgIpc) is 2.90. The zero-order valence-electron chi connectivity index (χ0n) is 16.0. The summed E-state index contributed by atoms with van der Waals surface area (Å²) in [5.74, 6) is 0.363. The van der Waals surface area contributed by atoms with E-state index in [2.05, 4.69) is 4.98 Å². The topological polar surface area (TPSA) is 62.7 Å². The highest BCUT2D eigenvalue weighted by Gasteiger charge is 2.39. The van der Waals surface area contributed by atoms with Crippen molar-refractivity contribution in [3.8, 4) is 0 Å². The van der Waals surface area contributed by atoms with E-state index in [1.54, 1.807) is 7.11 Å². The molecular weight excluding hydrogens is 350 g/mol. The summed E-state index contributed by atoms with van der Waals surface area (Å²) >= 11 is 1.49. The minimum atomic E-state index is 0.120. The second kappa shape index (κ2) is 8.05. The van der Waals surface area contributed by atoms with Gasteiger partial charge in [0.05, 0.1) is 17.3 Å². The van der Waals surface area contributed by atoms with Crippen molar-refractivity contribution in [2.45, 2.75) is 46.0 Å². The zero-order chi connectivity index (χ0) is 18.7. The van der Waals surface area contributed by atoms with Crippen LogP contribution < -0.4 is 0 Å². The van der Waals surface area contributed by atoms with Crippen molar-refractivity contribution in [3.05, 3.63) is 15.6 Å². The summed E-state index contributed by atoms with van der Waals surface area (Å²) in [4.78, 5) is 34.2. The van der Waals surface area contributed by atoms with E-state index in [1.807, 2.05) is 23.6 Å². The van der Waals surface area contributed by atoms with Crippen LogP contribution in [-0.4, -0.2) is 66.5 Å². The Bertz CT molecular complexity index is 665. The molecule has 3 heterocycles. The molecule has 0 saturated carbocycles. The van der Waals surface area contributed by atoms with Gasteiger partial charge in [-0.05, 0) is 44.9 Å². The molecule has 1 aromatic rings. The lowest BCUT2D eigenvalue weighted by molar-refractivity contribution is -0.131. The molecule has 0 radical (unpaired) electrons. The standard InChI is InChI=1S/C19H29N3O3S/c1-14-17(26-15(2)20-14)18(24)22-10-7-19(8-11-22)5-4-16(23)21(9-6-19)12-13-25-3/h4-13H2,1-3H3. The minimum absolute atomic E-state index is 0.120. The number of hydrogen-bond donors (Lipinski definition) is 0. The first-order valence-corrected chi connectivity index (χ1v) is 10.3. The summed E-state index contributed by atoms with van der Waals surface area (Å²) in [7, 11) is 1.67. The average molecular weight is 380 g/mol. The number of amides is 2. The highest BCUT2D eigenvalue weighted by Crippen LogP contribution is 2.41. The van der Waals surface area contributed by atoms with Gasteiger partial charge in [0.1, 0.15) is 4.88 Å². The number of nitrogens with zero attached hydrogens (tertiary/aromatic N) is 3. The van der Waals surface area contributed by atoms with Crippen LogP contribution in [0.2, 0.25) is 0 Å². The van der Waals surface area contributed by atoms with Crippen molar-refractivity contribution in [1.29, 1.82) is 0 Å². The molecule has 0 bridgehead atoms. The summed E-state index contributed by atoms with van der Waals surface area (Å²) in [5, 5.41) is 0.942. The molecule has 2 aliphatic rings. The summed E-state index contributed by atoms with van der Waals surface area (Å²) in [6.07, 6.45) is 4.56. The minimum Gasteiger partial charge on any atom is -0.383 e. The van der Waals surface area contributed by atoms with Crippen LogP contribution in [0.25, 0.3) is 0 Å². The van der Waals surface area contributed by atoms with E-state index in [-0.39, 0.29) is 17.2 Å². The third-order valence-electron chi connectivity index (χ3n) is 5.91. The number of piperidine rings is 1. The summed E-state index contributed by atoms with van der Waals surface area (Å²) in [6, 6.07) is 0. The highest BCUT2D eigenvalue weighted by atomic mass is 32.1. The smallest absolute Gasteiger partial charge is 0.265 e. The van der Waals surface area contributed by atoms with Crippen LogP contribution in [0.15, 0.2) is 0 Å². The monoisotopic (exact) mass is 379 g/mol. The molecule has 144 valence electrons. The number of carbonyl (C=O) groups excluding carboxylic acids is 2. The number of rotatable bonds is 4. The number of thiazole rings is 1. The van der Waals surface area contributed by atoms with Gasteiger partial charge in [0, 0.05) is 39.7 Å². The Labute approximate surface area is 159 Å². The van der Waals surface area contributed by atoms with Crippen LogP contribution in [-0.2, 0) is 9.53 Å². The molecule has 0 unspecified atom stereocenters. The summed E-state index contributed by atoms with van der Waals surface area (Å²) in [6.45, 7) is 7.49. The number of hydrogen-bond acceptors (Lipinski definition) is 5. The van der Waals surface area contributed by atoms with Gasteiger partial charge in [-0.1, -0.05) is 0 Å². The fourth-order valence-electron chi connectivity index (χ4n) is 4.15. The molecule has 2 aliphatic heterocycles. The Morgan fingerprint density at radius 3 is 2.50 bits per heavy atom. The highest BCUT2D eigenvalue weighted by molar-refractivity contribution is 7.13. The van der Waals surface area contributed by atoms with Crippen LogP contribution in [0.5, 0.6) is 0 Å². The lowest BCUT2D eigenvalue weighted by Crippen LogP contribution is -2.43. The fraction of sp³-hybridized carbons (Fsp3) is 0.737. The van der Waals surface area contributed by atoms with Gasteiger partial charge in [-0.25, -0.2) is 4.98 Å². The number of aromatic nitrogens is 1. The number of carbonyl (C=O) groups is 2. The predicted octanol–water partition coefficient (Wildman–Crippen LogP) is 2.64. The molecule has 7 heteroatoms. The van der Waals surface area contributed by atoms with E-state index in [4.69, 9.17) is 4.74 Å². The molecule has 1 spiro atoms. The van der Waals surface area contributed by atoms with E-state index < -0.39 is 0 Å². The van der Waals surface area contributed by atoms with E-state index in [0.29, 0.717) is 19.6 Å². The summed E-state index contributed by atoms with van der Waals surface area (Å²) < 4.78 is 5.12. The first kappa shape index (κ1) is 19.3. The molecular formula is C19H29N3O3S. The predicted molar refractivity (Wildman–Crippen MR) is 101 cm³/mol. The molecule has 26 heavy (non-hydrogen) atoms. The maximum absolute atomic E-state index is 12.8. The summed E-state index contributed by atoms with van der Waals surface area (Å²) in [5.41, 5.74) is 1.04. The number of methoxy groups -OCH3 is 1. The van der Waals surface area contributed by atoms with Crippen molar-refractivity contribution in [1.82, 2.24) is 14.8 Å². The lowest BCUT2D eigenvalue weighted by atomic mass is 9.73. The first-order chi connectivity index (χ1) is 12.4. The number of likely N-dealkylation sites (tertiary alicyclic amines) is 2. The van der Waals surface area contributed by atoms with Gasteiger partial charge < -0.3 is 14.5 Å². The first-order valence-electron chi connectivity index (χ1n) is 9.44. The van der Waals surface area contributed by atoms with Gasteiger partial charge in [0.15, 0.2) is 0 Å². The molecule has 2 fully saturated rings. The SMILES string of the molecule is COCCN1CCC2(CCC1=O)CCN(C(=O)c1sc(C)nc1C)CC2. The Balaban J connectivity index is 1.60. The van der Waals surface area contributed by atoms with Crippen molar-refractivity contribution < 1.29 is 14.3 Å². The van der Waals surface area contributed by atoms with Crippen LogP contribution in [0.4, 0.5) is 0 Å². The maximum atomic E-state index is 12.8. The third kappa shape index (κ3) is 4.09. The third-order valence-corrected chi connectivity index (χ3v) is 6.97. The van der Waals surface area contributed by atoms with E-state index in [9.17, 15) is 9.59 Å². The molecule has 3 rings (SSSR count). The quantitative estimate of drug-likeness (QED) is 0.807. The van der Waals surface area contributed by atoms with E-state index >= 15 is 0 Å². The Kier molecular flexibility index (Phi) is 5.97. The van der Waals surface area contributed by atoms with Crippen LogP contribution in [0, 0.1) is 19.3 Å². The largest absolute Gasteiger partial charge is 0.383 e. The van der Waals surface area contributed by atoms with Crippen molar-refractivity contribution in [3.63, 3.8) is 0 Å². The number of ether oxygens (including phenoxy) is 1. The second-order valence-corrected chi connectivity index (χ2v) is 8.77. The fourth-order valence-corrected chi connectivity index (χ4v) is 5.04. The molecule has 2 amide bonds. The molecule has 6 nitrogen and oxygen atoms in total. The van der Waals surface area contributed by atoms with Gasteiger partial charge in [-0.15, -0.1) is 11.3 Å². The molecule has 0 aliphatic carbocycles. The zero-order valence-corrected chi connectivity index (χ0v) is 16.9. The van der Waals surface area contributed by atoms with E-state index in [0.717, 1.165) is 60.9 Å². The van der Waals surface area contributed by atoms with E-state index in [1.165, 1.54) is 11.3 Å². The van der Waals surface area contributed by atoms with Crippen LogP contribution in [0.1, 0.15) is 52.5 Å². The van der Waals surface area contributed by atoms with Crippen LogP contribution in [0.3, 0.4) is 0 Å². The van der Waals surface area contributed by atoms with Gasteiger partial charge in [0.2, 0.25) is 5.91 Å².